The van der Waals surface area contributed by atoms with Crippen LogP contribution in [0.2, 0.25) is 0 Å². The maximum absolute atomic E-state index is 13.5. The van der Waals surface area contributed by atoms with Crippen molar-refractivity contribution in [2.75, 3.05) is 33.2 Å². The van der Waals surface area contributed by atoms with Crippen molar-refractivity contribution in [2.45, 2.75) is 26.8 Å². The highest BCUT2D eigenvalue weighted by molar-refractivity contribution is 5.91. The molecule has 0 aliphatic rings. The standard InChI is InChI=1S/C30H33N3O5/c1-19-10-12-22-17-23(29(34)32-28(22)20(19)2)18-33(30(35)31-24-8-6-7-9-25(24)36-3)15-14-21-11-13-26(37-4)27(16-21)38-5/h6-13,16-17H,14-15,18H2,1-5H3,(H,31,35)(H,32,34). The number of nitrogens with zero attached hydrogens (tertiary/aromatic N) is 1. The Hall–Kier alpha value is -4.46. The van der Waals surface area contributed by atoms with E-state index in [1.807, 2.05) is 62.4 Å². The molecule has 198 valence electrons. The largest absolute Gasteiger partial charge is 0.495 e. The fourth-order valence-electron chi connectivity index (χ4n) is 4.39. The molecule has 0 aliphatic heterocycles. The van der Waals surface area contributed by atoms with Gasteiger partial charge in [0.05, 0.1) is 39.1 Å². The van der Waals surface area contributed by atoms with Crippen LogP contribution in [0.15, 0.2) is 65.5 Å². The molecule has 4 aromatic rings. The zero-order valence-electron chi connectivity index (χ0n) is 22.4. The molecule has 4 rings (SSSR count). The molecule has 0 unspecified atom stereocenters. The van der Waals surface area contributed by atoms with Gasteiger partial charge in [-0.3, -0.25) is 4.79 Å². The van der Waals surface area contributed by atoms with E-state index in [0.717, 1.165) is 27.6 Å². The van der Waals surface area contributed by atoms with Crippen LogP contribution in [0.3, 0.4) is 0 Å². The molecule has 1 aromatic heterocycles. The van der Waals surface area contributed by atoms with Gasteiger partial charge in [0.1, 0.15) is 5.75 Å². The summed E-state index contributed by atoms with van der Waals surface area (Å²) < 4.78 is 16.2. The minimum atomic E-state index is -0.338. The molecule has 1 heterocycles. The van der Waals surface area contributed by atoms with Gasteiger partial charge in [0, 0.05) is 12.1 Å². The monoisotopic (exact) mass is 515 g/mol. The van der Waals surface area contributed by atoms with Crippen LogP contribution < -0.4 is 25.1 Å². The van der Waals surface area contributed by atoms with E-state index in [4.69, 9.17) is 14.2 Å². The van der Waals surface area contributed by atoms with Crippen molar-refractivity contribution >= 4 is 22.6 Å². The highest BCUT2D eigenvalue weighted by Gasteiger charge is 2.19. The van der Waals surface area contributed by atoms with Crippen LogP contribution in [0.4, 0.5) is 10.5 Å². The van der Waals surface area contributed by atoms with E-state index < -0.39 is 0 Å². The number of para-hydroxylation sites is 2. The number of carbonyl (C=O) groups is 1. The number of fused-ring (bicyclic) bond motifs is 1. The Labute approximate surface area is 222 Å². The molecular formula is C30H33N3O5. The van der Waals surface area contributed by atoms with Crippen molar-refractivity contribution in [3.05, 3.63) is 93.3 Å². The van der Waals surface area contributed by atoms with Crippen molar-refractivity contribution < 1.29 is 19.0 Å². The van der Waals surface area contributed by atoms with Gasteiger partial charge < -0.3 is 29.4 Å². The number of H-pyrrole nitrogens is 1. The molecule has 2 N–H and O–H groups in total. The van der Waals surface area contributed by atoms with Crippen LogP contribution >= 0.6 is 0 Å². The summed E-state index contributed by atoms with van der Waals surface area (Å²) in [6.45, 7) is 4.50. The molecule has 0 aliphatic carbocycles. The lowest BCUT2D eigenvalue weighted by Gasteiger charge is -2.24. The molecule has 0 fully saturated rings. The summed E-state index contributed by atoms with van der Waals surface area (Å²) in [5, 5.41) is 3.86. The normalized spacial score (nSPS) is 10.8. The Kier molecular flexibility index (Phi) is 8.21. The van der Waals surface area contributed by atoms with E-state index in [2.05, 4.69) is 10.3 Å². The van der Waals surface area contributed by atoms with Gasteiger partial charge in [-0.2, -0.15) is 0 Å². The zero-order valence-corrected chi connectivity index (χ0v) is 22.4. The number of anilines is 1. The Bertz CT molecular complexity index is 1510. The number of methoxy groups -OCH3 is 3. The number of nitrogens with one attached hydrogen (secondary N) is 2. The van der Waals surface area contributed by atoms with E-state index in [1.165, 1.54) is 0 Å². The van der Waals surface area contributed by atoms with Crippen molar-refractivity contribution in [3.8, 4) is 17.2 Å². The maximum atomic E-state index is 13.5. The first-order valence-electron chi connectivity index (χ1n) is 12.4. The van der Waals surface area contributed by atoms with E-state index in [0.29, 0.717) is 41.5 Å². The highest BCUT2D eigenvalue weighted by Crippen LogP contribution is 2.28. The van der Waals surface area contributed by atoms with Crippen molar-refractivity contribution in [3.63, 3.8) is 0 Å². The van der Waals surface area contributed by atoms with Crippen LogP contribution in [0.1, 0.15) is 22.3 Å². The van der Waals surface area contributed by atoms with Crippen LogP contribution in [0.5, 0.6) is 17.2 Å². The first kappa shape index (κ1) is 26.6. The fourth-order valence-corrected chi connectivity index (χ4v) is 4.39. The lowest BCUT2D eigenvalue weighted by molar-refractivity contribution is 0.209. The summed E-state index contributed by atoms with van der Waals surface area (Å²) in [7, 11) is 4.73. The molecule has 0 saturated heterocycles. The third-order valence-corrected chi connectivity index (χ3v) is 6.74. The Morgan fingerprint density at radius 1 is 0.895 bits per heavy atom. The molecule has 2 amide bonds. The Morgan fingerprint density at radius 3 is 2.37 bits per heavy atom. The van der Waals surface area contributed by atoms with Gasteiger partial charge in [-0.05, 0) is 72.7 Å². The predicted octanol–water partition coefficient (Wildman–Crippen LogP) is 5.45. The zero-order chi connectivity index (χ0) is 27.2. The minimum Gasteiger partial charge on any atom is -0.495 e. The first-order chi connectivity index (χ1) is 18.3. The number of carbonyl (C=O) groups excluding carboxylic acids is 1. The Morgan fingerprint density at radius 2 is 1.63 bits per heavy atom. The van der Waals surface area contributed by atoms with Gasteiger partial charge in [-0.25, -0.2) is 4.79 Å². The number of hydrogen-bond acceptors (Lipinski definition) is 5. The second-order valence-electron chi connectivity index (χ2n) is 9.09. The second kappa shape index (κ2) is 11.7. The summed E-state index contributed by atoms with van der Waals surface area (Å²) in [6.07, 6.45) is 0.545. The summed E-state index contributed by atoms with van der Waals surface area (Å²) in [5.74, 6) is 1.80. The van der Waals surface area contributed by atoms with E-state index >= 15 is 0 Å². The number of ether oxygens (including phenoxy) is 3. The summed E-state index contributed by atoms with van der Waals surface area (Å²) in [4.78, 5) is 31.2. The number of rotatable bonds is 9. The lowest BCUT2D eigenvalue weighted by atomic mass is 10.0. The molecule has 0 atom stereocenters. The number of aromatic amines is 1. The van der Waals surface area contributed by atoms with Gasteiger partial charge in [-0.15, -0.1) is 0 Å². The predicted molar refractivity (Wildman–Crippen MR) is 150 cm³/mol. The molecular weight excluding hydrogens is 482 g/mol. The van der Waals surface area contributed by atoms with E-state index in [1.54, 1.807) is 38.4 Å². The molecule has 8 nitrogen and oxygen atoms in total. The van der Waals surface area contributed by atoms with Crippen molar-refractivity contribution in [1.82, 2.24) is 9.88 Å². The van der Waals surface area contributed by atoms with Gasteiger partial charge in [0.25, 0.3) is 5.56 Å². The Balaban J connectivity index is 1.64. The number of pyridine rings is 1. The van der Waals surface area contributed by atoms with E-state index in [-0.39, 0.29) is 18.1 Å². The molecule has 8 heteroatoms. The van der Waals surface area contributed by atoms with Crippen LogP contribution in [-0.2, 0) is 13.0 Å². The summed E-state index contributed by atoms with van der Waals surface area (Å²) >= 11 is 0. The molecule has 0 spiro atoms. The average molecular weight is 516 g/mol. The highest BCUT2D eigenvalue weighted by atomic mass is 16.5. The maximum Gasteiger partial charge on any atom is 0.322 e. The second-order valence-corrected chi connectivity index (χ2v) is 9.09. The number of amides is 2. The van der Waals surface area contributed by atoms with Gasteiger partial charge in [0.15, 0.2) is 11.5 Å². The lowest BCUT2D eigenvalue weighted by Crippen LogP contribution is -2.37. The number of benzene rings is 3. The van der Waals surface area contributed by atoms with Crippen LogP contribution in [-0.4, -0.2) is 43.8 Å². The van der Waals surface area contributed by atoms with Crippen LogP contribution in [0.25, 0.3) is 10.9 Å². The van der Waals surface area contributed by atoms with Crippen LogP contribution in [0, 0.1) is 13.8 Å². The fraction of sp³-hybridized carbons (Fsp3) is 0.267. The molecule has 3 aromatic carbocycles. The van der Waals surface area contributed by atoms with Crippen molar-refractivity contribution in [2.24, 2.45) is 0 Å². The van der Waals surface area contributed by atoms with Gasteiger partial charge in [-0.1, -0.05) is 30.3 Å². The quantitative estimate of drug-likeness (QED) is 0.309. The number of hydrogen-bond donors (Lipinski definition) is 2. The topological polar surface area (TPSA) is 92.9 Å². The molecule has 0 saturated carbocycles. The van der Waals surface area contributed by atoms with Gasteiger partial charge >= 0.3 is 6.03 Å². The molecule has 0 radical (unpaired) electrons. The molecule has 0 bridgehead atoms. The average Bonchev–Trinajstić information content (AvgIpc) is 2.93. The SMILES string of the molecule is COc1ccccc1NC(=O)N(CCc1ccc(OC)c(OC)c1)Cc1cc2ccc(C)c(C)c2[nH]c1=O. The third kappa shape index (κ3) is 5.75. The number of aromatic nitrogens is 1. The van der Waals surface area contributed by atoms with Crippen molar-refractivity contribution in [1.29, 1.82) is 0 Å². The minimum absolute atomic E-state index is 0.131. The van der Waals surface area contributed by atoms with E-state index in [9.17, 15) is 9.59 Å². The first-order valence-corrected chi connectivity index (χ1v) is 12.4. The summed E-state index contributed by atoms with van der Waals surface area (Å²) in [6, 6.07) is 18.4. The number of urea groups is 1. The number of aryl methyl sites for hydroxylation is 2. The summed E-state index contributed by atoms with van der Waals surface area (Å²) in [5.41, 5.74) is 4.76. The molecule has 38 heavy (non-hydrogen) atoms. The van der Waals surface area contributed by atoms with Gasteiger partial charge in [0.2, 0.25) is 0 Å². The third-order valence-electron chi connectivity index (χ3n) is 6.74. The smallest absolute Gasteiger partial charge is 0.322 e.